The van der Waals surface area contributed by atoms with Crippen LogP contribution in [0.5, 0.6) is 0 Å². The molecule has 0 heterocycles. The molecule has 1 aliphatic rings. The van der Waals surface area contributed by atoms with E-state index in [1.54, 1.807) is 0 Å². The molecule has 7 heteroatoms. The van der Waals surface area contributed by atoms with Gasteiger partial charge in [-0.1, -0.05) is 57.6 Å². The number of thioether (sulfide) groups is 1. The van der Waals surface area contributed by atoms with Crippen LogP contribution in [0.2, 0.25) is 0 Å². The number of carbonyl (C=O) groups is 3. The summed E-state index contributed by atoms with van der Waals surface area (Å²) in [5.41, 5.74) is 0. The van der Waals surface area contributed by atoms with Gasteiger partial charge < -0.3 is 14.6 Å². The number of Topliss-reactive ketones (excluding diaryl/α,β-unsaturated/α-hetero) is 1. The van der Waals surface area contributed by atoms with Gasteiger partial charge in [-0.2, -0.15) is 0 Å². The van der Waals surface area contributed by atoms with Gasteiger partial charge in [-0.15, -0.1) is 11.8 Å². The van der Waals surface area contributed by atoms with Gasteiger partial charge in [0.1, 0.15) is 5.78 Å². The molecule has 1 fully saturated rings. The Morgan fingerprint density at radius 1 is 1.10 bits per heavy atom. The highest BCUT2D eigenvalue weighted by molar-refractivity contribution is 8.00. The fourth-order valence-electron chi connectivity index (χ4n) is 4.02. The highest BCUT2D eigenvalue weighted by atomic mass is 32.2. The molecule has 1 N–H and O–H groups in total. The number of carbonyl (C=O) groups excluding carboxylic acids is 3. The van der Waals surface area contributed by atoms with Crippen LogP contribution in [0.1, 0.15) is 77.6 Å². The zero-order valence-corrected chi connectivity index (χ0v) is 20.2. The lowest BCUT2D eigenvalue weighted by molar-refractivity contribution is -0.141. The number of hydrogen-bond donors (Lipinski definition) is 1. The molecule has 0 amide bonds. The van der Waals surface area contributed by atoms with Crippen molar-refractivity contribution in [1.82, 2.24) is 0 Å². The smallest absolute Gasteiger partial charge is 0.315 e. The van der Waals surface area contributed by atoms with Crippen molar-refractivity contribution >= 4 is 29.5 Å². The Kier molecular flexibility index (Phi) is 14.6. The number of esters is 2. The Morgan fingerprint density at radius 2 is 1.81 bits per heavy atom. The molecule has 0 spiro atoms. The highest BCUT2D eigenvalue weighted by Crippen LogP contribution is 2.41. The van der Waals surface area contributed by atoms with Crippen molar-refractivity contribution in [2.24, 2.45) is 11.8 Å². The maximum atomic E-state index is 12.7. The van der Waals surface area contributed by atoms with Gasteiger partial charge >= 0.3 is 11.9 Å². The fourth-order valence-corrected chi connectivity index (χ4v) is 5.27. The minimum absolute atomic E-state index is 0.0260. The minimum atomic E-state index is -0.493. The van der Waals surface area contributed by atoms with Gasteiger partial charge in [0.2, 0.25) is 0 Å². The van der Waals surface area contributed by atoms with E-state index in [0.717, 1.165) is 57.8 Å². The maximum Gasteiger partial charge on any atom is 0.315 e. The summed E-state index contributed by atoms with van der Waals surface area (Å²) in [6.45, 7) is 2.13. The van der Waals surface area contributed by atoms with Gasteiger partial charge in [-0.25, -0.2) is 0 Å². The lowest BCUT2D eigenvalue weighted by Crippen LogP contribution is -2.19. The van der Waals surface area contributed by atoms with Crippen LogP contribution in [0.15, 0.2) is 12.2 Å². The molecule has 178 valence electrons. The summed E-state index contributed by atoms with van der Waals surface area (Å²) in [7, 11) is 2.77. The molecule has 0 aromatic rings. The second-order valence-electron chi connectivity index (χ2n) is 8.26. The molecule has 31 heavy (non-hydrogen) atoms. The molecule has 1 unspecified atom stereocenters. The van der Waals surface area contributed by atoms with Crippen LogP contribution in [0.3, 0.4) is 0 Å². The van der Waals surface area contributed by atoms with Gasteiger partial charge in [0, 0.05) is 24.0 Å². The summed E-state index contributed by atoms with van der Waals surface area (Å²) in [6.07, 6.45) is 12.6. The molecule has 1 aliphatic carbocycles. The third-order valence-electron chi connectivity index (χ3n) is 5.89. The third kappa shape index (κ3) is 11.2. The van der Waals surface area contributed by atoms with E-state index in [9.17, 15) is 19.5 Å². The second kappa shape index (κ2) is 16.3. The number of unbranched alkanes of at least 4 members (excludes halogenated alkanes) is 5. The lowest BCUT2D eigenvalue weighted by atomic mass is 9.89. The lowest BCUT2D eigenvalue weighted by Gasteiger charge is -2.21. The van der Waals surface area contributed by atoms with Crippen molar-refractivity contribution < 1.29 is 29.0 Å². The number of aliphatic hydroxyl groups excluding tert-OH is 1. The average molecular weight is 457 g/mol. The van der Waals surface area contributed by atoms with E-state index in [4.69, 9.17) is 4.74 Å². The molecule has 1 saturated carbocycles. The topological polar surface area (TPSA) is 89.9 Å². The molecular weight excluding hydrogens is 416 g/mol. The van der Waals surface area contributed by atoms with Crippen molar-refractivity contribution in [2.45, 2.75) is 88.9 Å². The summed E-state index contributed by atoms with van der Waals surface area (Å²) >= 11 is 1.48. The van der Waals surface area contributed by atoms with Gasteiger partial charge in [-0.05, 0) is 25.2 Å². The molecule has 0 bridgehead atoms. The Labute approximate surface area is 191 Å². The maximum absolute atomic E-state index is 12.7. The average Bonchev–Trinajstić information content (AvgIpc) is 3.06. The first-order valence-corrected chi connectivity index (χ1v) is 12.6. The number of methoxy groups -OCH3 is 2. The van der Waals surface area contributed by atoms with E-state index < -0.39 is 6.10 Å². The largest absolute Gasteiger partial charge is 0.469 e. The molecule has 6 nitrogen and oxygen atoms in total. The second-order valence-corrected chi connectivity index (χ2v) is 9.48. The summed E-state index contributed by atoms with van der Waals surface area (Å²) < 4.78 is 9.40. The van der Waals surface area contributed by atoms with Crippen LogP contribution < -0.4 is 0 Å². The molecule has 0 aliphatic heterocycles. The highest BCUT2D eigenvalue weighted by Gasteiger charge is 2.40. The summed E-state index contributed by atoms with van der Waals surface area (Å²) in [5, 5.41) is 10.3. The Morgan fingerprint density at radius 3 is 2.48 bits per heavy atom. The van der Waals surface area contributed by atoms with E-state index >= 15 is 0 Å². The normalized spacial score (nSPS) is 22.1. The third-order valence-corrected chi connectivity index (χ3v) is 7.20. The van der Waals surface area contributed by atoms with Crippen LogP contribution in [-0.2, 0) is 23.9 Å². The first kappa shape index (κ1) is 27.7. The van der Waals surface area contributed by atoms with E-state index in [1.807, 2.05) is 12.2 Å². The monoisotopic (exact) mass is 456 g/mol. The number of rotatable bonds is 16. The standard InChI is InChI=1S/C24H40O6S/c1-4-5-8-11-18(25)14-15-20-19(12-9-6-7-10-13-23(27)29-2)21(26)16-22(20)31-17-24(28)30-3/h14-15,18-20,22,25H,4-13,16-17H2,1-3H3/b15-14+/t18-,19+,20+,22?/m0/s1. The zero-order chi connectivity index (χ0) is 23.1. The van der Waals surface area contributed by atoms with Crippen molar-refractivity contribution in [2.75, 3.05) is 20.0 Å². The molecule has 0 aromatic heterocycles. The van der Waals surface area contributed by atoms with Crippen molar-refractivity contribution in [3.63, 3.8) is 0 Å². The molecule has 0 aromatic carbocycles. The Balaban J connectivity index is 2.63. The minimum Gasteiger partial charge on any atom is -0.469 e. The van der Waals surface area contributed by atoms with Crippen LogP contribution >= 0.6 is 11.8 Å². The van der Waals surface area contributed by atoms with E-state index in [1.165, 1.54) is 26.0 Å². The first-order valence-electron chi connectivity index (χ1n) is 11.6. The quantitative estimate of drug-likeness (QED) is 0.208. The van der Waals surface area contributed by atoms with Gasteiger partial charge in [0.15, 0.2) is 0 Å². The van der Waals surface area contributed by atoms with Gasteiger partial charge in [0.25, 0.3) is 0 Å². The van der Waals surface area contributed by atoms with Gasteiger partial charge in [0.05, 0.1) is 26.1 Å². The van der Waals surface area contributed by atoms with Crippen molar-refractivity contribution in [3.05, 3.63) is 12.2 Å². The fraction of sp³-hybridized carbons (Fsp3) is 0.792. The Bertz CT molecular complexity index is 576. The predicted molar refractivity (Wildman–Crippen MR) is 124 cm³/mol. The van der Waals surface area contributed by atoms with E-state index in [2.05, 4.69) is 11.7 Å². The summed E-state index contributed by atoms with van der Waals surface area (Å²) in [5.74, 6) is -0.0362. The van der Waals surface area contributed by atoms with Crippen molar-refractivity contribution in [1.29, 1.82) is 0 Å². The zero-order valence-electron chi connectivity index (χ0n) is 19.3. The number of ether oxygens (including phenoxy) is 2. The van der Waals surface area contributed by atoms with Crippen molar-refractivity contribution in [3.8, 4) is 0 Å². The predicted octanol–water partition coefficient (Wildman–Crippen LogP) is 4.48. The van der Waals surface area contributed by atoms with E-state index in [-0.39, 0.29) is 40.6 Å². The molecule has 4 atom stereocenters. The van der Waals surface area contributed by atoms with Crippen LogP contribution in [0, 0.1) is 11.8 Å². The number of aliphatic hydroxyl groups is 1. The first-order chi connectivity index (χ1) is 14.9. The molecule has 0 saturated heterocycles. The Hall–Kier alpha value is -1.34. The summed E-state index contributed by atoms with van der Waals surface area (Å²) in [4.78, 5) is 35.5. The molecular formula is C24H40O6S. The van der Waals surface area contributed by atoms with Crippen LogP contribution in [-0.4, -0.2) is 54.2 Å². The van der Waals surface area contributed by atoms with E-state index in [0.29, 0.717) is 12.8 Å². The molecule has 1 rings (SSSR count). The number of ketones is 1. The van der Waals surface area contributed by atoms with Gasteiger partial charge in [-0.3, -0.25) is 14.4 Å². The van der Waals surface area contributed by atoms with Crippen LogP contribution in [0.25, 0.3) is 0 Å². The molecule has 0 radical (unpaired) electrons. The number of allylic oxidation sites excluding steroid dienone is 1. The summed E-state index contributed by atoms with van der Waals surface area (Å²) in [6, 6.07) is 0. The SMILES string of the molecule is CCCCC[C@H](O)/C=C/[C@H]1C(SCC(=O)OC)CC(=O)[C@@H]1CCCCCCC(=O)OC. The van der Waals surface area contributed by atoms with Crippen LogP contribution in [0.4, 0.5) is 0 Å². The number of hydrogen-bond acceptors (Lipinski definition) is 7.